The number of aromatic carboxylic acids is 1. The third-order valence-corrected chi connectivity index (χ3v) is 7.06. The van der Waals surface area contributed by atoms with Crippen molar-refractivity contribution in [3.63, 3.8) is 0 Å². The molecule has 1 saturated carbocycles. The Morgan fingerprint density at radius 1 is 1.06 bits per heavy atom. The van der Waals surface area contributed by atoms with Crippen LogP contribution in [0.5, 0.6) is 11.5 Å². The summed E-state index contributed by atoms with van der Waals surface area (Å²) in [6.45, 7) is 0.380. The summed E-state index contributed by atoms with van der Waals surface area (Å²) in [4.78, 5) is 11.5. The van der Waals surface area contributed by atoms with Gasteiger partial charge in [0, 0.05) is 41.6 Å². The molecule has 0 saturated heterocycles. The predicted octanol–water partition coefficient (Wildman–Crippen LogP) is 6.06. The van der Waals surface area contributed by atoms with Crippen molar-refractivity contribution >= 4 is 16.9 Å². The number of carboxylic acids is 1. The Labute approximate surface area is 206 Å². The normalized spacial score (nSPS) is 14.6. The van der Waals surface area contributed by atoms with Crippen LogP contribution < -0.4 is 4.74 Å². The highest BCUT2D eigenvalue weighted by Gasteiger charge is 2.44. The molecule has 3 aromatic carbocycles. The first-order valence-electron chi connectivity index (χ1n) is 11.5. The number of nitrogens with zero attached hydrogens (tertiary/aromatic N) is 1. The lowest BCUT2D eigenvalue weighted by Gasteiger charge is -2.43. The number of benzene rings is 3. The van der Waals surface area contributed by atoms with Crippen molar-refractivity contribution in [3.05, 3.63) is 77.5 Å². The number of carboxylic acid groups (broad SMARTS) is 1. The molecular weight excluding hydrogens is 468 g/mol. The largest absolute Gasteiger partial charge is 0.507 e. The van der Waals surface area contributed by atoms with E-state index in [0.717, 1.165) is 31.0 Å². The molecule has 2 N–H and O–H groups in total. The first-order chi connectivity index (χ1) is 17.3. The van der Waals surface area contributed by atoms with Gasteiger partial charge in [-0.25, -0.2) is 13.6 Å². The summed E-state index contributed by atoms with van der Waals surface area (Å²) in [7, 11) is 2.99. The fraction of sp³-hybridized carbons (Fsp3) is 0.250. The number of aromatic hydroxyl groups is 1. The highest BCUT2D eigenvalue weighted by Crippen LogP contribution is 2.53. The van der Waals surface area contributed by atoms with Gasteiger partial charge in [-0.3, -0.25) is 0 Å². The average molecular weight is 494 g/mol. The summed E-state index contributed by atoms with van der Waals surface area (Å²) < 4.78 is 41.7. The number of phenols is 1. The second-order valence-corrected chi connectivity index (χ2v) is 9.15. The minimum Gasteiger partial charge on any atom is -0.507 e. The highest BCUT2D eigenvalue weighted by molar-refractivity contribution is 6.04. The maximum Gasteiger partial charge on any atom is 0.335 e. The van der Waals surface area contributed by atoms with Crippen LogP contribution in [0.25, 0.3) is 27.7 Å². The molecule has 5 rings (SSSR count). The fourth-order valence-electron chi connectivity index (χ4n) is 5.31. The molecule has 0 unspecified atom stereocenters. The lowest BCUT2D eigenvalue weighted by atomic mass is 9.65. The van der Waals surface area contributed by atoms with Crippen LogP contribution >= 0.6 is 0 Å². The molecule has 1 heterocycles. The average Bonchev–Trinajstić information content (AvgIpc) is 3.17. The number of carbonyl (C=O) groups is 1. The summed E-state index contributed by atoms with van der Waals surface area (Å²) in [6.07, 6.45) is 2.53. The van der Waals surface area contributed by atoms with Crippen molar-refractivity contribution in [2.45, 2.75) is 24.7 Å². The minimum atomic E-state index is -1.05. The van der Waals surface area contributed by atoms with E-state index in [1.807, 2.05) is 4.57 Å². The number of halogens is 2. The van der Waals surface area contributed by atoms with E-state index in [1.54, 1.807) is 25.3 Å². The van der Waals surface area contributed by atoms with Gasteiger partial charge in [0.1, 0.15) is 11.6 Å². The van der Waals surface area contributed by atoms with Gasteiger partial charge in [0.25, 0.3) is 0 Å². The number of methoxy groups -OCH3 is 2. The van der Waals surface area contributed by atoms with E-state index in [0.29, 0.717) is 34.3 Å². The molecule has 1 aliphatic carbocycles. The van der Waals surface area contributed by atoms with Crippen molar-refractivity contribution in [1.82, 2.24) is 4.57 Å². The van der Waals surface area contributed by atoms with E-state index in [-0.39, 0.29) is 17.1 Å². The summed E-state index contributed by atoms with van der Waals surface area (Å²) in [6, 6.07) is 13.2. The van der Waals surface area contributed by atoms with Gasteiger partial charge in [0.2, 0.25) is 0 Å². The van der Waals surface area contributed by atoms with E-state index in [4.69, 9.17) is 9.47 Å². The molecule has 1 fully saturated rings. The number of phenolic OH excluding ortho intramolecular Hbond substituents is 1. The first kappa shape index (κ1) is 23.8. The molecule has 0 radical (unpaired) electrons. The molecule has 0 bridgehead atoms. The Hall–Kier alpha value is -3.91. The van der Waals surface area contributed by atoms with Gasteiger partial charge < -0.3 is 24.3 Å². The van der Waals surface area contributed by atoms with E-state index in [1.165, 1.54) is 37.4 Å². The van der Waals surface area contributed by atoms with E-state index >= 15 is 0 Å². The highest BCUT2D eigenvalue weighted by atomic mass is 19.1. The fourth-order valence-corrected chi connectivity index (χ4v) is 5.31. The lowest BCUT2D eigenvalue weighted by molar-refractivity contribution is 0.0697. The maximum atomic E-state index is 14.7. The summed E-state index contributed by atoms with van der Waals surface area (Å²) in [5.41, 5.74) is 2.70. The van der Waals surface area contributed by atoms with Gasteiger partial charge in [0.05, 0.1) is 30.2 Å². The van der Waals surface area contributed by atoms with Gasteiger partial charge in [-0.2, -0.15) is 0 Å². The van der Waals surface area contributed by atoms with E-state index in [2.05, 4.69) is 0 Å². The Kier molecular flexibility index (Phi) is 5.92. The standard InChI is InChI=1S/C28H25F2NO5/c1-35-15-28(10-3-11-28)26-24(16-4-6-17(7-5-16)27(33)34)25-21(12-18(29)13-22(25)32)31(26)19-8-9-20(30)23(14-19)36-2/h4-9,12-14,32H,3,10-11,15H2,1-2H3,(H,33,34). The molecular formula is C28H25F2NO5. The van der Waals surface area contributed by atoms with Gasteiger partial charge in [-0.15, -0.1) is 0 Å². The van der Waals surface area contributed by atoms with Crippen molar-refractivity contribution in [3.8, 4) is 28.3 Å². The second-order valence-electron chi connectivity index (χ2n) is 9.15. The monoisotopic (exact) mass is 493 g/mol. The van der Waals surface area contributed by atoms with Crippen molar-refractivity contribution in [2.75, 3.05) is 20.8 Å². The van der Waals surface area contributed by atoms with Crippen LogP contribution in [0.3, 0.4) is 0 Å². The number of hydrogen-bond donors (Lipinski definition) is 2. The summed E-state index contributed by atoms with van der Waals surface area (Å²) in [5, 5.41) is 20.8. The number of ether oxygens (including phenoxy) is 2. The second kappa shape index (κ2) is 8.95. The zero-order valence-electron chi connectivity index (χ0n) is 19.8. The Morgan fingerprint density at radius 3 is 2.36 bits per heavy atom. The van der Waals surface area contributed by atoms with E-state index < -0.39 is 23.0 Å². The topological polar surface area (TPSA) is 80.9 Å². The zero-order valence-corrected chi connectivity index (χ0v) is 19.8. The minimum absolute atomic E-state index is 0.0303. The third-order valence-electron chi connectivity index (χ3n) is 7.06. The number of aromatic nitrogens is 1. The maximum absolute atomic E-state index is 14.7. The molecule has 1 aliphatic rings. The summed E-state index contributed by atoms with van der Waals surface area (Å²) in [5.74, 6) is -2.43. The molecule has 0 amide bonds. The van der Waals surface area contributed by atoms with Crippen LogP contribution in [-0.2, 0) is 10.2 Å². The van der Waals surface area contributed by atoms with Crippen molar-refractivity contribution in [2.24, 2.45) is 0 Å². The number of fused-ring (bicyclic) bond motifs is 1. The van der Waals surface area contributed by atoms with Crippen LogP contribution in [0.2, 0.25) is 0 Å². The zero-order chi connectivity index (χ0) is 25.6. The van der Waals surface area contributed by atoms with Crippen LogP contribution in [0.15, 0.2) is 54.6 Å². The molecule has 0 atom stereocenters. The summed E-state index contributed by atoms with van der Waals surface area (Å²) >= 11 is 0. The van der Waals surface area contributed by atoms with Crippen LogP contribution in [0.4, 0.5) is 8.78 Å². The van der Waals surface area contributed by atoms with Crippen LogP contribution in [-0.4, -0.2) is 41.6 Å². The quantitative estimate of drug-likeness (QED) is 0.327. The Morgan fingerprint density at radius 2 is 1.78 bits per heavy atom. The molecule has 8 heteroatoms. The van der Waals surface area contributed by atoms with Gasteiger partial charge in [-0.05, 0) is 48.7 Å². The molecule has 6 nitrogen and oxygen atoms in total. The van der Waals surface area contributed by atoms with Crippen molar-refractivity contribution < 1.29 is 33.3 Å². The first-order valence-corrected chi connectivity index (χ1v) is 11.5. The molecule has 0 aliphatic heterocycles. The number of hydrogen-bond acceptors (Lipinski definition) is 4. The molecule has 36 heavy (non-hydrogen) atoms. The van der Waals surface area contributed by atoms with Crippen LogP contribution in [0.1, 0.15) is 35.3 Å². The molecule has 0 spiro atoms. The SMILES string of the molecule is COCC1(c2c(-c3ccc(C(=O)O)cc3)c3c(O)cc(F)cc3n2-c2ccc(F)c(OC)c2)CCC1. The molecule has 186 valence electrons. The van der Waals surface area contributed by atoms with Gasteiger partial charge in [0.15, 0.2) is 11.6 Å². The number of rotatable bonds is 7. The Balaban J connectivity index is 1.93. The predicted molar refractivity (Wildman–Crippen MR) is 131 cm³/mol. The van der Waals surface area contributed by atoms with Crippen molar-refractivity contribution in [1.29, 1.82) is 0 Å². The van der Waals surface area contributed by atoms with Crippen LogP contribution in [0, 0.1) is 11.6 Å². The molecule has 1 aromatic heterocycles. The third kappa shape index (κ3) is 3.69. The Bertz CT molecular complexity index is 1470. The van der Waals surface area contributed by atoms with Gasteiger partial charge >= 0.3 is 5.97 Å². The molecule has 4 aromatic rings. The van der Waals surface area contributed by atoms with E-state index in [9.17, 15) is 23.8 Å². The van der Waals surface area contributed by atoms with Gasteiger partial charge in [-0.1, -0.05) is 18.6 Å². The lowest BCUT2D eigenvalue weighted by Crippen LogP contribution is -2.41. The smallest absolute Gasteiger partial charge is 0.335 e.